The van der Waals surface area contributed by atoms with Gasteiger partial charge in [-0.2, -0.15) is 0 Å². The number of nitrogens with zero attached hydrogens (tertiary/aromatic N) is 2. The molecule has 4 heterocycles. The van der Waals surface area contributed by atoms with E-state index in [1.165, 1.54) is 6.42 Å². The molecule has 3 saturated heterocycles. The van der Waals surface area contributed by atoms with Crippen LogP contribution in [0.4, 0.5) is 0 Å². The fourth-order valence-corrected chi connectivity index (χ4v) is 4.44. The van der Waals surface area contributed by atoms with Gasteiger partial charge < -0.3 is 15.3 Å². The number of aliphatic hydroxyl groups is 1. The Morgan fingerprint density at radius 2 is 2.19 bits per heavy atom. The second-order valence-corrected chi connectivity index (χ2v) is 6.97. The van der Waals surface area contributed by atoms with Crippen molar-refractivity contribution in [1.29, 1.82) is 0 Å². The quantitative estimate of drug-likeness (QED) is 0.830. The zero-order chi connectivity index (χ0) is 16.7. The molecule has 0 aliphatic carbocycles. The average Bonchev–Trinajstić information content (AvgIpc) is 2.66. The first-order valence-corrected chi connectivity index (χ1v) is 8.68. The summed E-state index contributed by atoms with van der Waals surface area (Å²) in [4.78, 5) is 6.86. The van der Waals surface area contributed by atoms with Gasteiger partial charge in [-0.3, -0.25) is 9.88 Å². The number of pyridine rings is 1. The van der Waals surface area contributed by atoms with E-state index < -0.39 is 6.10 Å². The van der Waals surface area contributed by atoms with Gasteiger partial charge in [0.25, 0.3) is 0 Å². The Hall–Kier alpha value is -1.66. The van der Waals surface area contributed by atoms with Gasteiger partial charge in [-0.25, -0.2) is 0 Å². The van der Waals surface area contributed by atoms with Crippen LogP contribution in [0.5, 0.6) is 5.75 Å². The molecule has 2 bridgehead atoms. The van der Waals surface area contributed by atoms with E-state index in [-0.39, 0.29) is 23.9 Å². The van der Waals surface area contributed by atoms with Crippen molar-refractivity contribution < 1.29 is 15.3 Å². The summed E-state index contributed by atoms with van der Waals surface area (Å²) in [6, 6.07) is 7.96. The average molecular weight is 379 g/mol. The predicted molar refractivity (Wildman–Crippen MR) is 106 cm³/mol. The van der Waals surface area contributed by atoms with Gasteiger partial charge in [0.05, 0.1) is 18.7 Å². The number of hydrogen-bond acceptors (Lipinski definition) is 4. The molecule has 3 aliphatic heterocycles. The Bertz CT molecular complexity index is 770. The van der Waals surface area contributed by atoms with E-state index in [1.807, 2.05) is 24.3 Å². The third-order valence-electron chi connectivity index (χ3n) is 5.82. The Labute approximate surface area is 160 Å². The van der Waals surface area contributed by atoms with Crippen LogP contribution in [0.2, 0.25) is 0 Å². The monoisotopic (exact) mass is 378 g/mol. The predicted octanol–water partition coefficient (Wildman–Crippen LogP) is 2.77. The van der Waals surface area contributed by atoms with Crippen LogP contribution in [0.1, 0.15) is 24.5 Å². The number of rotatable bonds is 4. The van der Waals surface area contributed by atoms with E-state index in [1.54, 1.807) is 13.3 Å². The zero-order valence-corrected chi connectivity index (χ0v) is 15.8. The smallest absolute Gasteiger partial charge is 0.119 e. The second-order valence-electron chi connectivity index (χ2n) is 6.97. The number of methoxy groups -OCH3 is 1. The Kier molecular flexibility index (Phi) is 6.64. The van der Waals surface area contributed by atoms with Gasteiger partial charge in [0.2, 0.25) is 0 Å². The first-order valence-electron chi connectivity index (χ1n) is 8.68. The standard InChI is InChI=1S/C20H24N2O2.ClH.H2O/c1-3-13-12-22-9-7-14(13)10-19(22)20(23)16-6-8-21-18-5-4-15(24-2)11-17(16)18;;/h3-6,8,11,13-14,19-20,23H,1,7,9-10,12H2,2H3;1H;1H2/t13-,14+,19+,20-;;/m0../s1. The highest BCUT2D eigenvalue weighted by molar-refractivity contribution is 5.85. The molecular formula is C20H27ClN2O3. The number of ether oxygens (including phenoxy) is 1. The fraction of sp³-hybridized carbons (Fsp3) is 0.450. The summed E-state index contributed by atoms with van der Waals surface area (Å²) in [5.41, 5.74) is 1.85. The molecule has 1 unspecified atom stereocenters. The second kappa shape index (κ2) is 8.35. The molecular weight excluding hydrogens is 352 g/mol. The number of piperidine rings is 3. The summed E-state index contributed by atoms with van der Waals surface area (Å²) in [6.45, 7) is 6.07. The summed E-state index contributed by atoms with van der Waals surface area (Å²) in [5.74, 6) is 2.01. The lowest BCUT2D eigenvalue weighted by molar-refractivity contribution is -0.0444. The largest absolute Gasteiger partial charge is 0.497 e. The summed E-state index contributed by atoms with van der Waals surface area (Å²) in [7, 11) is 1.66. The van der Waals surface area contributed by atoms with Crippen LogP contribution >= 0.6 is 12.4 Å². The topological polar surface area (TPSA) is 77.1 Å². The molecule has 142 valence electrons. The number of aliphatic hydroxyl groups excluding tert-OH is 1. The minimum atomic E-state index is -0.504. The van der Waals surface area contributed by atoms with E-state index in [4.69, 9.17) is 4.74 Å². The number of aromatic nitrogens is 1. The molecule has 5 nitrogen and oxygen atoms in total. The van der Waals surface area contributed by atoms with Crippen LogP contribution in [0.3, 0.4) is 0 Å². The molecule has 3 fully saturated rings. The van der Waals surface area contributed by atoms with Gasteiger partial charge in [-0.1, -0.05) is 6.08 Å². The highest BCUT2D eigenvalue weighted by Crippen LogP contribution is 2.42. The maximum absolute atomic E-state index is 11.2. The van der Waals surface area contributed by atoms with Gasteiger partial charge >= 0.3 is 0 Å². The maximum Gasteiger partial charge on any atom is 0.119 e. The van der Waals surface area contributed by atoms with Crippen molar-refractivity contribution in [3.8, 4) is 5.75 Å². The van der Waals surface area contributed by atoms with Crippen LogP contribution in [-0.4, -0.2) is 46.7 Å². The SMILES string of the molecule is C=C[C@H]1CN2CC[C@@H]1C[C@@H]2[C@@H](O)c1ccnc2ccc(OC)cc12.Cl.O. The first kappa shape index (κ1) is 20.6. The molecule has 3 aliphatic rings. The minimum absolute atomic E-state index is 0. The Balaban J connectivity index is 0.00000121. The van der Waals surface area contributed by atoms with Crippen molar-refractivity contribution in [2.24, 2.45) is 11.8 Å². The van der Waals surface area contributed by atoms with Crippen LogP contribution in [-0.2, 0) is 0 Å². The van der Waals surface area contributed by atoms with Crippen LogP contribution in [0.15, 0.2) is 43.1 Å². The zero-order valence-electron chi connectivity index (χ0n) is 15.0. The highest BCUT2D eigenvalue weighted by atomic mass is 35.5. The maximum atomic E-state index is 11.2. The molecule has 0 amide bonds. The molecule has 0 saturated carbocycles. The third kappa shape index (κ3) is 3.45. The van der Waals surface area contributed by atoms with E-state index in [0.717, 1.165) is 41.7 Å². The molecule has 0 radical (unpaired) electrons. The molecule has 5 rings (SSSR count). The summed E-state index contributed by atoms with van der Waals surface area (Å²) in [5, 5.41) is 12.1. The van der Waals surface area contributed by atoms with E-state index in [9.17, 15) is 5.11 Å². The van der Waals surface area contributed by atoms with Crippen molar-refractivity contribution in [3.63, 3.8) is 0 Å². The summed E-state index contributed by atoms with van der Waals surface area (Å²) < 4.78 is 5.35. The van der Waals surface area contributed by atoms with Crippen LogP contribution in [0.25, 0.3) is 10.9 Å². The van der Waals surface area contributed by atoms with E-state index in [2.05, 4.69) is 22.5 Å². The van der Waals surface area contributed by atoms with Crippen molar-refractivity contribution in [1.82, 2.24) is 9.88 Å². The van der Waals surface area contributed by atoms with Crippen molar-refractivity contribution in [2.45, 2.75) is 25.0 Å². The van der Waals surface area contributed by atoms with Gasteiger partial charge in [-0.15, -0.1) is 19.0 Å². The molecule has 0 spiro atoms. The highest BCUT2D eigenvalue weighted by Gasteiger charge is 2.42. The number of halogens is 1. The number of benzene rings is 1. The molecule has 1 aromatic carbocycles. The number of fused-ring (bicyclic) bond motifs is 4. The normalized spacial score (nSPS) is 27.9. The van der Waals surface area contributed by atoms with Crippen LogP contribution in [0, 0.1) is 11.8 Å². The van der Waals surface area contributed by atoms with Gasteiger partial charge in [0.1, 0.15) is 5.75 Å². The molecule has 1 aromatic heterocycles. The molecule has 6 heteroatoms. The first-order chi connectivity index (χ1) is 11.7. The summed E-state index contributed by atoms with van der Waals surface area (Å²) in [6.07, 6.45) is 5.62. The van der Waals surface area contributed by atoms with E-state index in [0.29, 0.717) is 11.8 Å². The van der Waals surface area contributed by atoms with E-state index >= 15 is 0 Å². The molecule has 3 N–H and O–H groups in total. The Morgan fingerprint density at radius 3 is 2.85 bits per heavy atom. The lowest BCUT2D eigenvalue weighted by Crippen LogP contribution is -2.54. The molecule has 2 aromatic rings. The molecule has 26 heavy (non-hydrogen) atoms. The lowest BCUT2D eigenvalue weighted by Gasteiger charge is -2.50. The fourth-order valence-electron chi connectivity index (χ4n) is 4.44. The minimum Gasteiger partial charge on any atom is -0.497 e. The van der Waals surface area contributed by atoms with Crippen molar-refractivity contribution in [3.05, 3.63) is 48.7 Å². The lowest BCUT2D eigenvalue weighted by atomic mass is 9.73. The van der Waals surface area contributed by atoms with Crippen molar-refractivity contribution >= 4 is 23.3 Å². The Morgan fingerprint density at radius 1 is 1.38 bits per heavy atom. The third-order valence-corrected chi connectivity index (χ3v) is 5.82. The van der Waals surface area contributed by atoms with Crippen LogP contribution < -0.4 is 4.74 Å². The van der Waals surface area contributed by atoms with Crippen molar-refractivity contribution in [2.75, 3.05) is 20.2 Å². The number of hydrogen-bond donors (Lipinski definition) is 1. The van der Waals surface area contributed by atoms with Gasteiger partial charge in [0, 0.05) is 24.2 Å². The van der Waals surface area contributed by atoms with Gasteiger partial charge in [0.15, 0.2) is 0 Å². The van der Waals surface area contributed by atoms with Gasteiger partial charge in [-0.05, 0) is 61.1 Å². The summed E-state index contributed by atoms with van der Waals surface area (Å²) >= 11 is 0. The molecule has 5 atom stereocenters.